The normalized spacial score (nSPS) is 28.4. The molecule has 2 fully saturated rings. The van der Waals surface area contributed by atoms with Gasteiger partial charge >= 0.3 is 0 Å². The van der Waals surface area contributed by atoms with Gasteiger partial charge in [0.15, 0.2) is 11.5 Å². The molecule has 4 aliphatic rings. The predicted octanol–water partition coefficient (Wildman–Crippen LogP) is 0.865. The lowest BCUT2D eigenvalue weighted by atomic mass is 9.76. The van der Waals surface area contributed by atoms with Gasteiger partial charge in [-0.1, -0.05) is 17.7 Å². The molecule has 174 valence electrons. The summed E-state index contributed by atoms with van der Waals surface area (Å²) in [6.45, 7) is 0.0925. The first-order chi connectivity index (χ1) is 16.3. The van der Waals surface area contributed by atoms with Gasteiger partial charge in [0.25, 0.3) is 0 Å². The number of likely N-dealkylation sites (tertiary alicyclic amines) is 1. The summed E-state index contributed by atoms with van der Waals surface area (Å²) in [5.41, 5.74) is 5.54. The van der Waals surface area contributed by atoms with Crippen molar-refractivity contribution < 1.29 is 28.7 Å². The van der Waals surface area contributed by atoms with E-state index in [2.05, 4.69) is 10.6 Å². The Morgan fingerprint density at radius 1 is 1.12 bits per heavy atom. The van der Waals surface area contributed by atoms with Crippen LogP contribution < -0.4 is 25.8 Å². The summed E-state index contributed by atoms with van der Waals surface area (Å²) in [4.78, 5) is 53.6. The van der Waals surface area contributed by atoms with Crippen molar-refractivity contribution in [2.24, 2.45) is 17.6 Å². The zero-order valence-electron chi connectivity index (χ0n) is 17.7. The number of carbonyl (C=O) groups is 4. The predicted molar refractivity (Wildman–Crippen MR) is 118 cm³/mol. The minimum Gasteiger partial charge on any atom is -0.454 e. The van der Waals surface area contributed by atoms with E-state index in [0.717, 1.165) is 4.90 Å². The van der Waals surface area contributed by atoms with Gasteiger partial charge in [0, 0.05) is 28.7 Å². The molecule has 2 saturated heterocycles. The van der Waals surface area contributed by atoms with Gasteiger partial charge in [0.05, 0.1) is 18.4 Å². The lowest BCUT2D eigenvalue weighted by molar-refractivity contribution is -0.143. The Morgan fingerprint density at radius 3 is 2.71 bits per heavy atom. The summed E-state index contributed by atoms with van der Waals surface area (Å²) in [5.74, 6) is -2.98. The average Bonchev–Trinajstić information content (AvgIpc) is 3.51. The van der Waals surface area contributed by atoms with Crippen molar-refractivity contribution in [3.05, 3.63) is 52.5 Å². The molecule has 0 aliphatic carbocycles. The van der Waals surface area contributed by atoms with Crippen LogP contribution in [0.3, 0.4) is 0 Å². The molecule has 2 aromatic carbocycles. The number of rotatable bonds is 4. The number of nitrogens with two attached hydrogens (primary N) is 1. The van der Waals surface area contributed by atoms with Crippen LogP contribution >= 0.6 is 11.6 Å². The highest BCUT2D eigenvalue weighted by Crippen LogP contribution is 2.54. The van der Waals surface area contributed by atoms with Crippen LogP contribution in [0.1, 0.15) is 17.5 Å². The number of benzene rings is 2. The highest BCUT2D eigenvalue weighted by atomic mass is 35.5. The first-order valence-electron chi connectivity index (χ1n) is 10.7. The Labute approximate surface area is 198 Å². The first-order valence-corrected chi connectivity index (χ1v) is 11.1. The van der Waals surface area contributed by atoms with E-state index < -0.39 is 47.0 Å². The van der Waals surface area contributed by atoms with Gasteiger partial charge < -0.3 is 20.5 Å². The van der Waals surface area contributed by atoms with Crippen LogP contribution in [0.15, 0.2) is 36.4 Å². The molecule has 0 saturated carbocycles. The second-order valence-electron chi connectivity index (χ2n) is 8.83. The number of hydrogen-bond donors (Lipinski definition) is 3. The molecule has 1 spiro atoms. The van der Waals surface area contributed by atoms with E-state index in [1.54, 1.807) is 36.4 Å². The molecule has 4 aliphatic heterocycles. The Balaban J connectivity index is 1.42. The fourth-order valence-electron chi connectivity index (χ4n) is 5.60. The van der Waals surface area contributed by atoms with Gasteiger partial charge in [0.1, 0.15) is 5.54 Å². The number of carbonyl (C=O) groups excluding carboxylic acids is 4. The fraction of sp³-hybridized carbons (Fsp3) is 0.304. The number of nitrogens with zero attached hydrogens (tertiary/aromatic N) is 1. The highest BCUT2D eigenvalue weighted by molar-refractivity contribution is 6.31. The Kier molecular flexibility index (Phi) is 4.42. The number of amides is 4. The van der Waals surface area contributed by atoms with E-state index in [4.69, 9.17) is 26.8 Å². The largest absolute Gasteiger partial charge is 0.454 e. The summed E-state index contributed by atoms with van der Waals surface area (Å²) < 4.78 is 10.7. The third-order valence-corrected chi connectivity index (χ3v) is 7.20. The average molecular weight is 483 g/mol. The van der Waals surface area contributed by atoms with Gasteiger partial charge in [-0.25, -0.2) is 0 Å². The minimum atomic E-state index is -1.54. The maximum absolute atomic E-state index is 13.7. The molecule has 0 aromatic heterocycles. The van der Waals surface area contributed by atoms with Crippen molar-refractivity contribution in [3.8, 4) is 11.5 Å². The van der Waals surface area contributed by atoms with Crippen molar-refractivity contribution in [1.29, 1.82) is 0 Å². The van der Waals surface area contributed by atoms with Crippen molar-refractivity contribution in [3.63, 3.8) is 0 Å². The molecule has 0 bridgehead atoms. The number of fused-ring (bicyclic) bond motifs is 5. The minimum absolute atomic E-state index is 0.00923. The lowest BCUT2D eigenvalue weighted by Crippen LogP contribution is -2.53. The van der Waals surface area contributed by atoms with E-state index in [0.29, 0.717) is 33.3 Å². The topological polar surface area (TPSA) is 140 Å². The van der Waals surface area contributed by atoms with Crippen LogP contribution in [0.4, 0.5) is 5.69 Å². The van der Waals surface area contributed by atoms with Crippen LogP contribution in [0.25, 0.3) is 0 Å². The van der Waals surface area contributed by atoms with Gasteiger partial charge in [-0.05, 0) is 35.9 Å². The number of imide groups is 1. The molecule has 0 radical (unpaired) electrons. The van der Waals surface area contributed by atoms with Crippen molar-refractivity contribution in [2.45, 2.75) is 24.5 Å². The van der Waals surface area contributed by atoms with E-state index in [1.807, 2.05) is 0 Å². The van der Waals surface area contributed by atoms with E-state index in [9.17, 15) is 19.2 Å². The standard InChI is InChI=1S/C23H19ClN4O6/c24-11-2-3-13-12(6-11)23(22(32)26-13)19-18(14(27-23)7-17(25)29)20(30)28(21(19)31)8-10-1-4-15-16(5-10)34-9-33-15/h1-6,14,18-19,27H,7-9H2,(H2,25,29)(H,26,32). The SMILES string of the molecule is NC(=O)CC1NC2(C(=O)Nc3ccc(Cl)cc32)C2C(=O)N(Cc3ccc4c(c3)OCO4)C(=O)C12. The van der Waals surface area contributed by atoms with Gasteiger partial charge in [-0.15, -0.1) is 0 Å². The van der Waals surface area contributed by atoms with E-state index in [1.165, 1.54) is 0 Å². The molecule has 6 rings (SSSR count). The number of anilines is 1. The third-order valence-electron chi connectivity index (χ3n) is 6.97. The maximum Gasteiger partial charge on any atom is 0.250 e. The molecule has 10 nitrogen and oxygen atoms in total. The summed E-state index contributed by atoms with van der Waals surface area (Å²) in [6.07, 6.45) is -0.205. The fourth-order valence-corrected chi connectivity index (χ4v) is 5.78. The van der Waals surface area contributed by atoms with E-state index >= 15 is 0 Å². The summed E-state index contributed by atoms with van der Waals surface area (Å²) >= 11 is 6.22. The summed E-state index contributed by atoms with van der Waals surface area (Å²) in [7, 11) is 0. The smallest absolute Gasteiger partial charge is 0.250 e. The van der Waals surface area contributed by atoms with Gasteiger partial charge in [-0.2, -0.15) is 0 Å². The molecular formula is C23H19ClN4O6. The molecule has 4 amide bonds. The Hall–Kier alpha value is -3.63. The monoisotopic (exact) mass is 482 g/mol. The molecule has 4 heterocycles. The highest BCUT2D eigenvalue weighted by Gasteiger charge is 2.70. The molecule has 11 heteroatoms. The zero-order valence-corrected chi connectivity index (χ0v) is 18.4. The van der Waals surface area contributed by atoms with Crippen LogP contribution in [0.2, 0.25) is 5.02 Å². The van der Waals surface area contributed by atoms with Crippen molar-refractivity contribution >= 4 is 40.9 Å². The molecule has 4 atom stereocenters. The number of nitrogens with one attached hydrogen (secondary N) is 2. The number of hydrogen-bond acceptors (Lipinski definition) is 7. The quantitative estimate of drug-likeness (QED) is 0.549. The molecule has 4 N–H and O–H groups in total. The third kappa shape index (κ3) is 2.78. The van der Waals surface area contributed by atoms with Crippen LogP contribution in [-0.4, -0.2) is 41.4 Å². The number of ether oxygens (including phenoxy) is 2. The first kappa shape index (κ1) is 20.9. The number of primary amides is 1. The molecule has 4 unspecified atom stereocenters. The molecule has 34 heavy (non-hydrogen) atoms. The maximum atomic E-state index is 13.7. The van der Waals surface area contributed by atoms with Crippen molar-refractivity contribution in [2.75, 3.05) is 12.1 Å². The lowest BCUT2D eigenvalue weighted by Gasteiger charge is -2.29. The molecular weight excluding hydrogens is 464 g/mol. The molecule has 2 aromatic rings. The number of halogens is 1. The summed E-state index contributed by atoms with van der Waals surface area (Å²) in [6, 6.07) is 9.25. The Morgan fingerprint density at radius 2 is 1.91 bits per heavy atom. The second kappa shape index (κ2) is 7.18. The van der Waals surface area contributed by atoms with Crippen LogP contribution in [0.5, 0.6) is 11.5 Å². The van der Waals surface area contributed by atoms with Gasteiger partial charge in [0.2, 0.25) is 30.4 Å². The van der Waals surface area contributed by atoms with E-state index in [-0.39, 0.29) is 19.8 Å². The van der Waals surface area contributed by atoms with Gasteiger partial charge in [-0.3, -0.25) is 29.4 Å². The summed E-state index contributed by atoms with van der Waals surface area (Å²) in [5, 5.41) is 6.29. The van der Waals surface area contributed by atoms with Crippen LogP contribution in [0, 0.1) is 11.8 Å². The van der Waals surface area contributed by atoms with Crippen molar-refractivity contribution in [1.82, 2.24) is 10.2 Å². The zero-order chi connectivity index (χ0) is 23.8. The van der Waals surface area contributed by atoms with Crippen LogP contribution in [-0.2, 0) is 31.3 Å². The Bertz CT molecular complexity index is 1300. The second-order valence-corrected chi connectivity index (χ2v) is 9.26.